The summed E-state index contributed by atoms with van der Waals surface area (Å²) in [5.74, 6) is -0.0349. The van der Waals surface area contributed by atoms with E-state index in [2.05, 4.69) is 5.32 Å². The number of hydrogen-bond acceptors (Lipinski definition) is 3. The van der Waals surface area contributed by atoms with Crippen LogP contribution in [-0.4, -0.2) is 18.6 Å². The molecule has 1 N–H and O–H groups in total. The zero-order chi connectivity index (χ0) is 13.5. The van der Waals surface area contributed by atoms with Gasteiger partial charge in [-0.05, 0) is 43.9 Å². The summed E-state index contributed by atoms with van der Waals surface area (Å²) in [6.07, 6.45) is 5.19. The number of hydrogen-bond donors (Lipinski definition) is 1. The van der Waals surface area contributed by atoms with Crippen molar-refractivity contribution in [2.75, 3.05) is 11.9 Å². The number of benzene rings is 1. The average molecular weight is 258 g/mol. The molecular formula is C15H18N2O2. The molecule has 1 aromatic rings. The monoisotopic (exact) mass is 258 g/mol. The highest BCUT2D eigenvalue weighted by Crippen LogP contribution is 2.22. The number of nitrogens with one attached hydrogen (secondary N) is 1. The standard InChI is InChI=1S/C15H18N2O2/c16-11-12-4-1-5-13(10-12)17-15(18)8-3-9-19-14-6-2-7-14/h1,4-5,10,14H,2-3,6-9H2,(H,17,18). The summed E-state index contributed by atoms with van der Waals surface area (Å²) in [5, 5.41) is 11.6. The highest BCUT2D eigenvalue weighted by Gasteiger charge is 2.17. The van der Waals surface area contributed by atoms with E-state index in [1.165, 1.54) is 6.42 Å². The summed E-state index contributed by atoms with van der Waals surface area (Å²) in [5.41, 5.74) is 1.22. The van der Waals surface area contributed by atoms with Gasteiger partial charge in [0.05, 0.1) is 17.7 Å². The summed E-state index contributed by atoms with van der Waals surface area (Å²) in [6, 6.07) is 8.97. The molecule has 0 aromatic heterocycles. The van der Waals surface area contributed by atoms with Gasteiger partial charge in [0.1, 0.15) is 0 Å². The Kier molecular flexibility index (Phi) is 4.93. The number of amides is 1. The smallest absolute Gasteiger partial charge is 0.224 e. The van der Waals surface area contributed by atoms with E-state index in [9.17, 15) is 4.79 Å². The van der Waals surface area contributed by atoms with Crippen LogP contribution in [0.25, 0.3) is 0 Å². The van der Waals surface area contributed by atoms with Gasteiger partial charge in [-0.2, -0.15) is 5.26 Å². The molecule has 2 rings (SSSR count). The van der Waals surface area contributed by atoms with Crippen LogP contribution >= 0.6 is 0 Å². The third kappa shape index (κ3) is 4.38. The number of ether oxygens (including phenoxy) is 1. The van der Waals surface area contributed by atoms with Gasteiger partial charge in [-0.1, -0.05) is 6.07 Å². The van der Waals surface area contributed by atoms with Crippen LogP contribution in [0.4, 0.5) is 5.69 Å². The summed E-state index contributed by atoms with van der Waals surface area (Å²) in [7, 11) is 0. The lowest BCUT2D eigenvalue weighted by atomic mass is 9.96. The fraction of sp³-hybridized carbons (Fsp3) is 0.467. The molecule has 0 saturated heterocycles. The molecule has 0 heterocycles. The normalized spacial score (nSPS) is 14.5. The summed E-state index contributed by atoms with van der Waals surface area (Å²) < 4.78 is 5.59. The van der Waals surface area contributed by atoms with Gasteiger partial charge in [0.2, 0.25) is 5.91 Å². The van der Waals surface area contributed by atoms with E-state index in [4.69, 9.17) is 10.00 Å². The van der Waals surface area contributed by atoms with Gasteiger partial charge in [0, 0.05) is 18.7 Å². The first kappa shape index (κ1) is 13.6. The van der Waals surface area contributed by atoms with Crippen molar-refractivity contribution in [3.05, 3.63) is 29.8 Å². The molecule has 0 unspecified atom stereocenters. The minimum atomic E-state index is -0.0349. The molecule has 1 aliphatic rings. The number of nitriles is 1. The summed E-state index contributed by atoms with van der Waals surface area (Å²) in [4.78, 5) is 11.7. The quantitative estimate of drug-likeness (QED) is 0.798. The average Bonchev–Trinajstić information content (AvgIpc) is 2.36. The first-order valence-electron chi connectivity index (χ1n) is 6.69. The minimum Gasteiger partial charge on any atom is -0.378 e. The van der Waals surface area contributed by atoms with E-state index in [0.29, 0.717) is 30.4 Å². The van der Waals surface area contributed by atoms with Crippen LogP contribution in [-0.2, 0) is 9.53 Å². The maximum Gasteiger partial charge on any atom is 0.224 e. The first-order chi connectivity index (χ1) is 9.28. The largest absolute Gasteiger partial charge is 0.378 e. The Bertz CT molecular complexity index is 475. The van der Waals surface area contributed by atoms with Crippen LogP contribution in [0.15, 0.2) is 24.3 Å². The predicted molar refractivity (Wildman–Crippen MR) is 72.6 cm³/mol. The molecule has 19 heavy (non-hydrogen) atoms. The van der Waals surface area contributed by atoms with Gasteiger partial charge in [-0.15, -0.1) is 0 Å². The number of rotatable bonds is 6. The third-order valence-electron chi connectivity index (χ3n) is 3.23. The van der Waals surface area contributed by atoms with Crippen molar-refractivity contribution >= 4 is 11.6 Å². The van der Waals surface area contributed by atoms with Gasteiger partial charge >= 0.3 is 0 Å². The summed E-state index contributed by atoms with van der Waals surface area (Å²) in [6.45, 7) is 0.649. The Morgan fingerprint density at radius 3 is 3.00 bits per heavy atom. The van der Waals surface area contributed by atoms with E-state index < -0.39 is 0 Å². The van der Waals surface area contributed by atoms with Crippen LogP contribution in [0.5, 0.6) is 0 Å². The van der Waals surface area contributed by atoms with Crippen molar-refractivity contribution in [3.63, 3.8) is 0 Å². The first-order valence-corrected chi connectivity index (χ1v) is 6.69. The van der Waals surface area contributed by atoms with Gasteiger partial charge < -0.3 is 10.1 Å². The zero-order valence-electron chi connectivity index (χ0n) is 10.9. The lowest BCUT2D eigenvalue weighted by molar-refractivity contribution is -0.116. The van der Waals surface area contributed by atoms with Gasteiger partial charge in [0.25, 0.3) is 0 Å². The molecule has 0 aliphatic heterocycles. The number of carbonyl (C=O) groups excluding carboxylic acids is 1. The second-order valence-corrected chi connectivity index (χ2v) is 4.77. The van der Waals surface area contributed by atoms with Crippen molar-refractivity contribution in [2.24, 2.45) is 0 Å². The molecule has 0 bridgehead atoms. The van der Waals surface area contributed by atoms with Gasteiger partial charge in [0.15, 0.2) is 0 Å². The molecule has 1 saturated carbocycles. The van der Waals surface area contributed by atoms with E-state index in [-0.39, 0.29) is 5.91 Å². The topological polar surface area (TPSA) is 62.1 Å². The van der Waals surface area contributed by atoms with E-state index >= 15 is 0 Å². The molecule has 4 nitrogen and oxygen atoms in total. The Balaban J connectivity index is 1.66. The number of anilines is 1. The molecule has 4 heteroatoms. The van der Waals surface area contributed by atoms with Crippen LogP contribution in [0.1, 0.15) is 37.7 Å². The highest BCUT2D eigenvalue weighted by atomic mass is 16.5. The maximum atomic E-state index is 11.7. The Labute approximate surface area is 113 Å². The van der Waals surface area contributed by atoms with Crippen molar-refractivity contribution in [2.45, 2.75) is 38.2 Å². The van der Waals surface area contributed by atoms with E-state index in [1.807, 2.05) is 6.07 Å². The van der Waals surface area contributed by atoms with Crippen molar-refractivity contribution in [1.82, 2.24) is 0 Å². The molecule has 0 radical (unpaired) electrons. The number of nitrogens with zero attached hydrogens (tertiary/aromatic N) is 1. The Hall–Kier alpha value is -1.86. The Morgan fingerprint density at radius 2 is 2.32 bits per heavy atom. The van der Waals surface area contributed by atoms with Crippen LogP contribution < -0.4 is 5.32 Å². The van der Waals surface area contributed by atoms with Crippen molar-refractivity contribution in [3.8, 4) is 6.07 Å². The second kappa shape index (κ2) is 6.91. The van der Waals surface area contributed by atoms with Gasteiger partial charge in [-0.3, -0.25) is 4.79 Å². The third-order valence-corrected chi connectivity index (χ3v) is 3.23. The predicted octanol–water partition coefficient (Wildman–Crippen LogP) is 2.85. The fourth-order valence-corrected chi connectivity index (χ4v) is 1.91. The van der Waals surface area contributed by atoms with Crippen molar-refractivity contribution < 1.29 is 9.53 Å². The van der Waals surface area contributed by atoms with E-state index in [1.54, 1.807) is 24.3 Å². The maximum absolute atomic E-state index is 11.7. The molecule has 1 aromatic carbocycles. The lowest BCUT2D eigenvalue weighted by Crippen LogP contribution is -2.22. The summed E-state index contributed by atoms with van der Waals surface area (Å²) >= 11 is 0. The SMILES string of the molecule is N#Cc1cccc(NC(=O)CCCOC2CCC2)c1. The van der Waals surface area contributed by atoms with E-state index in [0.717, 1.165) is 19.3 Å². The van der Waals surface area contributed by atoms with Crippen LogP contribution in [0.3, 0.4) is 0 Å². The molecule has 0 atom stereocenters. The molecule has 0 spiro atoms. The fourth-order valence-electron chi connectivity index (χ4n) is 1.91. The minimum absolute atomic E-state index is 0.0349. The zero-order valence-corrected chi connectivity index (χ0v) is 10.9. The van der Waals surface area contributed by atoms with Crippen LogP contribution in [0, 0.1) is 11.3 Å². The highest BCUT2D eigenvalue weighted by molar-refractivity contribution is 5.90. The lowest BCUT2D eigenvalue weighted by Gasteiger charge is -2.25. The molecular weight excluding hydrogens is 240 g/mol. The Morgan fingerprint density at radius 1 is 1.47 bits per heavy atom. The molecule has 1 fully saturated rings. The van der Waals surface area contributed by atoms with Gasteiger partial charge in [-0.25, -0.2) is 0 Å². The second-order valence-electron chi connectivity index (χ2n) is 4.77. The number of carbonyl (C=O) groups is 1. The molecule has 100 valence electrons. The molecule has 1 amide bonds. The van der Waals surface area contributed by atoms with Crippen LogP contribution in [0.2, 0.25) is 0 Å². The molecule has 1 aliphatic carbocycles. The van der Waals surface area contributed by atoms with Crippen molar-refractivity contribution in [1.29, 1.82) is 5.26 Å².